The Hall–Kier alpha value is -1.47. The summed E-state index contributed by atoms with van der Waals surface area (Å²) >= 11 is 5.85. The fourth-order valence-electron chi connectivity index (χ4n) is 1.43. The summed E-state index contributed by atoms with van der Waals surface area (Å²) in [5, 5.41) is 2.30. The van der Waals surface area contributed by atoms with Gasteiger partial charge in [-0.25, -0.2) is 4.79 Å². The van der Waals surface area contributed by atoms with Crippen molar-refractivity contribution >= 4 is 23.4 Å². The number of anilines is 1. The summed E-state index contributed by atoms with van der Waals surface area (Å²) in [7, 11) is 0. The Bertz CT molecular complexity index is 527. The number of amides is 1. The van der Waals surface area contributed by atoms with Crippen LogP contribution in [-0.2, 0) is 4.74 Å². The molecule has 3 N–H and O–H groups in total. The molecule has 0 aliphatic carbocycles. The maximum atomic E-state index is 12.5. The average molecular weight is 325 g/mol. The van der Waals surface area contributed by atoms with E-state index in [9.17, 15) is 18.0 Å². The van der Waals surface area contributed by atoms with Gasteiger partial charge in [0.1, 0.15) is 11.6 Å². The lowest BCUT2D eigenvalue weighted by molar-refractivity contribution is -0.149. The Kier molecular flexibility index (Phi) is 5.11. The number of carbonyl (C=O) groups is 1. The first kappa shape index (κ1) is 17.6. The van der Waals surface area contributed by atoms with Gasteiger partial charge in [-0.3, -0.25) is 5.32 Å². The topological polar surface area (TPSA) is 64.3 Å². The van der Waals surface area contributed by atoms with Crippen molar-refractivity contribution in [2.24, 2.45) is 5.73 Å². The molecule has 1 unspecified atom stereocenters. The average Bonchev–Trinajstić information content (AvgIpc) is 2.27. The van der Waals surface area contributed by atoms with Crippen molar-refractivity contribution < 1.29 is 22.7 Å². The van der Waals surface area contributed by atoms with Gasteiger partial charge in [0.05, 0.1) is 10.7 Å². The summed E-state index contributed by atoms with van der Waals surface area (Å²) < 4.78 is 42.5. The number of hydrogen-bond donors (Lipinski definition) is 2. The number of nitrogens with one attached hydrogen (secondary N) is 1. The predicted molar refractivity (Wildman–Crippen MR) is 74.3 cm³/mol. The highest BCUT2D eigenvalue weighted by molar-refractivity contribution is 6.33. The minimum absolute atomic E-state index is 0.0574. The van der Waals surface area contributed by atoms with E-state index in [2.05, 4.69) is 5.32 Å². The molecule has 0 heterocycles. The van der Waals surface area contributed by atoms with Crippen molar-refractivity contribution in [1.82, 2.24) is 0 Å². The zero-order valence-corrected chi connectivity index (χ0v) is 12.5. The number of nitrogens with two attached hydrogens (primary N) is 1. The van der Waals surface area contributed by atoms with E-state index in [4.69, 9.17) is 22.1 Å². The number of carbonyl (C=O) groups excluding carboxylic acids is 1. The molecule has 1 rings (SSSR count). The third-order valence-corrected chi connectivity index (χ3v) is 2.65. The van der Waals surface area contributed by atoms with Crippen molar-refractivity contribution in [1.29, 1.82) is 0 Å². The Morgan fingerprint density at radius 3 is 2.33 bits per heavy atom. The van der Waals surface area contributed by atoms with Crippen molar-refractivity contribution in [3.63, 3.8) is 0 Å². The third kappa shape index (κ3) is 5.43. The summed E-state index contributed by atoms with van der Waals surface area (Å²) in [5.74, 6) is 0. The standard InChI is InChI=1S/C13H16ClF3N2O2/c1-12(2,3)21-11(20)19-9-5-4-7(6-8(9)14)10(18)13(15,16)17/h4-6,10H,18H2,1-3H3,(H,19,20). The molecular formula is C13H16ClF3N2O2. The zero-order valence-electron chi connectivity index (χ0n) is 11.7. The maximum absolute atomic E-state index is 12.5. The number of hydrogen-bond acceptors (Lipinski definition) is 3. The van der Waals surface area contributed by atoms with Crippen LogP contribution in [0.15, 0.2) is 18.2 Å². The first-order valence-corrected chi connectivity index (χ1v) is 6.39. The van der Waals surface area contributed by atoms with E-state index in [1.165, 1.54) is 6.07 Å². The van der Waals surface area contributed by atoms with E-state index in [1.807, 2.05) is 0 Å². The van der Waals surface area contributed by atoms with Gasteiger partial charge >= 0.3 is 12.3 Å². The lowest BCUT2D eigenvalue weighted by atomic mass is 10.1. The number of alkyl halides is 3. The van der Waals surface area contributed by atoms with Gasteiger partial charge in [0.25, 0.3) is 0 Å². The van der Waals surface area contributed by atoms with Gasteiger partial charge in [0.15, 0.2) is 0 Å². The molecule has 0 saturated heterocycles. The van der Waals surface area contributed by atoms with Gasteiger partial charge in [-0.2, -0.15) is 13.2 Å². The summed E-state index contributed by atoms with van der Waals surface area (Å²) in [6.45, 7) is 5.04. The van der Waals surface area contributed by atoms with Gasteiger partial charge in [-0.1, -0.05) is 17.7 Å². The van der Waals surface area contributed by atoms with Gasteiger partial charge < -0.3 is 10.5 Å². The molecule has 1 atom stereocenters. The van der Waals surface area contributed by atoms with E-state index in [0.717, 1.165) is 12.1 Å². The van der Waals surface area contributed by atoms with E-state index >= 15 is 0 Å². The van der Waals surface area contributed by atoms with Gasteiger partial charge in [-0.15, -0.1) is 0 Å². The lowest BCUT2D eigenvalue weighted by Crippen LogP contribution is -2.29. The van der Waals surface area contributed by atoms with Crippen LogP contribution in [-0.4, -0.2) is 17.9 Å². The second kappa shape index (κ2) is 6.11. The Balaban J connectivity index is 2.87. The molecule has 0 aliphatic heterocycles. The minimum atomic E-state index is -4.57. The highest BCUT2D eigenvalue weighted by Gasteiger charge is 2.38. The fraction of sp³-hybridized carbons (Fsp3) is 0.462. The summed E-state index contributed by atoms with van der Waals surface area (Å²) in [4.78, 5) is 11.6. The molecule has 118 valence electrons. The van der Waals surface area contributed by atoms with Gasteiger partial charge in [-0.05, 0) is 38.5 Å². The van der Waals surface area contributed by atoms with Crippen LogP contribution in [0.2, 0.25) is 5.02 Å². The minimum Gasteiger partial charge on any atom is -0.444 e. The Morgan fingerprint density at radius 2 is 1.90 bits per heavy atom. The van der Waals surface area contributed by atoms with Crippen LogP contribution in [0.25, 0.3) is 0 Å². The largest absolute Gasteiger partial charge is 0.444 e. The first-order valence-electron chi connectivity index (χ1n) is 6.02. The van der Waals surface area contributed by atoms with E-state index < -0.39 is 23.9 Å². The molecule has 8 heteroatoms. The van der Waals surface area contributed by atoms with Crippen LogP contribution >= 0.6 is 11.6 Å². The van der Waals surface area contributed by atoms with Crippen LogP contribution < -0.4 is 11.1 Å². The highest BCUT2D eigenvalue weighted by Crippen LogP contribution is 2.33. The highest BCUT2D eigenvalue weighted by atomic mass is 35.5. The number of halogens is 4. The Labute approximate surface area is 125 Å². The molecule has 0 aromatic heterocycles. The zero-order chi connectivity index (χ0) is 16.4. The molecule has 0 fully saturated rings. The van der Waals surface area contributed by atoms with Crippen molar-refractivity contribution in [2.45, 2.75) is 38.6 Å². The number of ether oxygens (including phenoxy) is 1. The first-order chi connectivity index (χ1) is 9.40. The molecule has 1 aromatic rings. The van der Waals surface area contributed by atoms with Crippen LogP contribution in [0.3, 0.4) is 0 Å². The molecule has 1 amide bonds. The fourth-order valence-corrected chi connectivity index (χ4v) is 1.66. The SMILES string of the molecule is CC(C)(C)OC(=O)Nc1ccc(C(N)C(F)(F)F)cc1Cl. The lowest BCUT2D eigenvalue weighted by Gasteiger charge is -2.20. The molecule has 0 saturated carbocycles. The summed E-state index contributed by atoms with van der Waals surface area (Å²) in [6.07, 6.45) is -5.32. The molecule has 0 aliphatic rings. The van der Waals surface area contributed by atoms with Crippen molar-refractivity contribution in [3.05, 3.63) is 28.8 Å². The molecule has 0 spiro atoms. The second-order valence-electron chi connectivity index (χ2n) is 5.39. The van der Waals surface area contributed by atoms with Gasteiger partial charge in [0.2, 0.25) is 0 Å². The quantitative estimate of drug-likeness (QED) is 0.854. The molecular weight excluding hydrogens is 309 g/mol. The third-order valence-electron chi connectivity index (χ3n) is 2.34. The van der Waals surface area contributed by atoms with E-state index in [-0.39, 0.29) is 16.3 Å². The summed E-state index contributed by atoms with van der Waals surface area (Å²) in [6, 6.07) is 1.32. The summed E-state index contributed by atoms with van der Waals surface area (Å²) in [5.41, 5.74) is 4.33. The molecule has 4 nitrogen and oxygen atoms in total. The number of benzene rings is 1. The van der Waals surface area contributed by atoms with E-state index in [1.54, 1.807) is 20.8 Å². The molecule has 0 bridgehead atoms. The molecule has 21 heavy (non-hydrogen) atoms. The normalized spacial score (nSPS) is 13.7. The molecule has 0 radical (unpaired) electrons. The second-order valence-corrected chi connectivity index (χ2v) is 5.79. The van der Waals surface area contributed by atoms with Crippen LogP contribution in [0, 0.1) is 0 Å². The predicted octanol–water partition coefficient (Wildman–Crippen LogP) is 4.25. The van der Waals surface area contributed by atoms with Crippen LogP contribution in [0.4, 0.5) is 23.7 Å². The van der Waals surface area contributed by atoms with Crippen LogP contribution in [0.1, 0.15) is 32.4 Å². The Morgan fingerprint density at radius 1 is 1.33 bits per heavy atom. The maximum Gasteiger partial charge on any atom is 0.412 e. The van der Waals surface area contributed by atoms with Gasteiger partial charge in [0, 0.05) is 0 Å². The van der Waals surface area contributed by atoms with Crippen molar-refractivity contribution in [3.8, 4) is 0 Å². The van der Waals surface area contributed by atoms with E-state index in [0.29, 0.717) is 0 Å². The smallest absolute Gasteiger partial charge is 0.412 e. The van der Waals surface area contributed by atoms with Crippen LogP contribution in [0.5, 0.6) is 0 Å². The number of rotatable bonds is 2. The molecule has 1 aromatic carbocycles. The van der Waals surface area contributed by atoms with Crippen molar-refractivity contribution in [2.75, 3.05) is 5.32 Å². The monoisotopic (exact) mass is 324 g/mol.